The zero-order valence-electron chi connectivity index (χ0n) is 53.2. The van der Waals surface area contributed by atoms with Gasteiger partial charge in [-0.1, -0.05) is 40.7 Å². The molecule has 1 aromatic carbocycles. The molecule has 2 fully saturated rings. The number of aliphatic hydroxyl groups is 2. The number of nitrogens with zero attached hydrogens (tertiary/aromatic N) is 5. The Balaban J connectivity index is 0.0000118. The van der Waals surface area contributed by atoms with E-state index < -0.39 is 143 Å². The number of fused-ring (bicyclic) bond motifs is 7. The van der Waals surface area contributed by atoms with E-state index in [-0.39, 0.29) is 101 Å². The molecule has 2 saturated heterocycles. The van der Waals surface area contributed by atoms with E-state index in [2.05, 4.69) is 10.6 Å². The molecule has 8 rings (SSSR count). The maximum absolute atomic E-state index is 14.3. The van der Waals surface area contributed by atoms with Crippen LogP contribution >= 0.6 is 7.82 Å². The van der Waals surface area contributed by atoms with Gasteiger partial charge in [0.15, 0.2) is 6.23 Å². The number of phosphoric acid groups is 1. The molecule has 7 amide bonds. The van der Waals surface area contributed by atoms with Gasteiger partial charge in [-0.05, 0) is 94.1 Å². The van der Waals surface area contributed by atoms with Crippen LogP contribution in [0.4, 0.5) is 11.4 Å². The van der Waals surface area contributed by atoms with E-state index in [1.807, 2.05) is 47.6 Å². The Morgan fingerprint density at radius 2 is 1.46 bits per heavy atom. The molecular formula is C61H88CoN13O15P-2. The number of benzene rings is 1. The number of carbonyl (C=O) groups excluding carboxylic acids is 7. The van der Waals surface area contributed by atoms with Crippen LogP contribution in [0.25, 0.3) is 5.32 Å². The van der Waals surface area contributed by atoms with Crippen LogP contribution in [0.3, 0.4) is 0 Å². The van der Waals surface area contributed by atoms with Crippen molar-refractivity contribution < 1.29 is 88.5 Å². The van der Waals surface area contributed by atoms with Crippen molar-refractivity contribution in [3.63, 3.8) is 0 Å². The van der Waals surface area contributed by atoms with Gasteiger partial charge in [0, 0.05) is 131 Å². The van der Waals surface area contributed by atoms with Gasteiger partial charge in [-0.3, -0.25) is 53.1 Å². The second-order valence-corrected chi connectivity index (χ2v) is 27.9. The van der Waals surface area contributed by atoms with Crippen molar-refractivity contribution in [1.29, 1.82) is 0 Å². The van der Waals surface area contributed by atoms with Crippen molar-refractivity contribution in [2.24, 2.45) is 94.7 Å². The summed E-state index contributed by atoms with van der Waals surface area (Å²) in [5.41, 5.74) is 34.8. The van der Waals surface area contributed by atoms with Gasteiger partial charge in [0.2, 0.25) is 41.4 Å². The average Bonchev–Trinajstić information content (AvgIpc) is 1.54. The van der Waals surface area contributed by atoms with Gasteiger partial charge in [0.05, 0.1) is 49.1 Å². The molecule has 503 valence electrons. The minimum Gasteiger partial charge on any atom is -0.756 e. The van der Waals surface area contributed by atoms with Crippen molar-refractivity contribution in [2.75, 3.05) is 37.1 Å². The molecule has 16 N–H and O–H groups in total. The molecule has 0 aromatic heterocycles. The van der Waals surface area contributed by atoms with Crippen LogP contribution in [0, 0.1) is 45.3 Å². The minimum absolute atomic E-state index is 0. The SMILES string of the molecule is COc1ccc2c(c1)N([C@H]1O[C@H](CO)[C@@H](OP(=O)([O-])O[C@H](C)CNC(=O)CC[C@@]3(C)C4=C(C)C5=NC(=CC6=NC(=C(C)C7=N[C@@](C)([C@H]([N-]4)[C@@H]3CC(N)=O)[C@@](C)(CC(N)=O)[C@@H]7CCC(N)=O)[C@@](C)(CC(N)=O)[C@@H]6CCC(N)=O)C(C)(C)[C@@H]5CCC(N)=O)[C@H]1O)CN2.[Co]. The van der Waals surface area contributed by atoms with Crippen LogP contribution in [0.1, 0.15) is 133 Å². The number of hydrogen-bond acceptors (Lipinski definition) is 20. The number of rotatable bonds is 27. The van der Waals surface area contributed by atoms with Gasteiger partial charge in [-0.15, -0.1) is 0 Å². The molecule has 0 saturated carbocycles. The number of nitrogens with one attached hydrogen (secondary N) is 2. The maximum atomic E-state index is 14.3. The van der Waals surface area contributed by atoms with E-state index in [0.29, 0.717) is 62.5 Å². The first-order valence-electron chi connectivity index (χ1n) is 30.4. The Kier molecular flexibility index (Phi) is 21.5. The average molecular weight is 1330 g/mol. The van der Waals surface area contributed by atoms with Crippen LogP contribution in [0.15, 0.2) is 67.5 Å². The van der Waals surface area contributed by atoms with E-state index in [1.165, 1.54) is 14.0 Å². The van der Waals surface area contributed by atoms with Crippen LogP contribution in [-0.4, -0.2) is 138 Å². The number of primary amides is 6. The molecule has 0 spiro atoms. The number of aliphatic imine (C=N–C) groups is 3. The maximum Gasteiger partial charge on any atom is 0.268 e. The minimum atomic E-state index is -5.32. The van der Waals surface area contributed by atoms with Gasteiger partial charge in [-0.25, -0.2) is 0 Å². The molecular weight excluding hydrogens is 1240 g/mol. The fourth-order valence-electron chi connectivity index (χ4n) is 15.4. The molecule has 7 aliphatic rings. The molecule has 0 aliphatic carbocycles. The molecule has 28 nitrogen and oxygen atoms in total. The molecule has 1 aromatic rings. The first-order chi connectivity index (χ1) is 42.0. The molecule has 15 atom stereocenters. The summed E-state index contributed by atoms with van der Waals surface area (Å²) in [5.74, 6) is -6.90. The summed E-state index contributed by atoms with van der Waals surface area (Å²) in [6.45, 7) is 15.3. The van der Waals surface area contributed by atoms with E-state index in [9.17, 15) is 53.2 Å². The number of allylic oxidation sites excluding steroid dienone is 6. The Hall–Kier alpha value is -6.56. The summed E-state index contributed by atoms with van der Waals surface area (Å²) >= 11 is 0. The number of aliphatic hydroxyl groups excluding tert-OH is 2. The van der Waals surface area contributed by atoms with Crippen LogP contribution in [0.2, 0.25) is 0 Å². The first kappa shape index (κ1) is 71.9. The monoisotopic (exact) mass is 1330 g/mol. The Labute approximate surface area is 539 Å². The molecule has 7 heterocycles. The van der Waals surface area contributed by atoms with Crippen LogP contribution < -0.4 is 59.6 Å². The van der Waals surface area contributed by atoms with E-state index >= 15 is 0 Å². The second kappa shape index (κ2) is 27.2. The summed E-state index contributed by atoms with van der Waals surface area (Å²) in [5, 5.41) is 33.3. The fourth-order valence-corrected chi connectivity index (χ4v) is 16.5. The van der Waals surface area contributed by atoms with Crippen molar-refractivity contribution >= 4 is 77.7 Å². The number of nitrogens with two attached hydrogens (primary N) is 6. The number of hydrogen-bond donors (Lipinski definition) is 10. The number of anilines is 2. The first-order valence-corrected chi connectivity index (χ1v) is 31.8. The zero-order valence-corrected chi connectivity index (χ0v) is 55.1. The predicted molar refractivity (Wildman–Crippen MR) is 331 cm³/mol. The Morgan fingerprint density at radius 1 is 0.846 bits per heavy atom. The number of ether oxygens (including phenoxy) is 2. The third-order valence-electron chi connectivity index (χ3n) is 20.3. The van der Waals surface area contributed by atoms with Crippen LogP contribution in [-0.2, 0) is 68.7 Å². The fraction of sp³-hybridized carbons (Fsp3) is 0.639. The smallest absolute Gasteiger partial charge is 0.268 e. The van der Waals surface area contributed by atoms with Crippen molar-refractivity contribution in [3.05, 3.63) is 57.8 Å². The number of methoxy groups -OCH3 is 1. The van der Waals surface area contributed by atoms with E-state index in [0.717, 1.165) is 0 Å². The van der Waals surface area contributed by atoms with Gasteiger partial charge >= 0.3 is 0 Å². The second-order valence-electron chi connectivity index (χ2n) is 26.6. The third kappa shape index (κ3) is 13.9. The summed E-state index contributed by atoms with van der Waals surface area (Å²) in [7, 11) is -3.82. The van der Waals surface area contributed by atoms with E-state index in [4.69, 9.17) is 73.2 Å². The number of amides is 7. The number of carbonyl (C=O) groups is 7. The van der Waals surface area contributed by atoms with Crippen molar-refractivity contribution in [2.45, 2.75) is 175 Å². The van der Waals surface area contributed by atoms with E-state index in [1.54, 1.807) is 36.9 Å². The Bertz CT molecular complexity index is 3350. The zero-order chi connectivity index (χ0) is 66.5. The normalized spacial score (nSPS) is 32.1. The standard InChI is InChI=1S/C61H90N13O15P.Co/c1-29(88-90(84,85)89-52-40(27-75)87-56(51(52)83)74-28-69-37-15-11-32(86-10)21-39(37)74)26-68-48(82)19-20-58(6)36(22-45(65)79)55-61(9)60(8,25-47(67)81)35(14-18-44(64)78)50(73-61)31(3)54-59(7,24-46(66)80)33(12-16-42(62)76)38(70-54)23-41-57(4,5)34(13-17-43(63)77)49(71-41)30(2)53(58)72-55;/h11,15,21,23,29,33-36,40,51-52,55-56,69,75,83H,12-14,16-20,22,24-28H2,1-10H3,(H15,62,63,64,65,66,67,68,70,71,72,73,76,77,78,79,80,81,82,84,85);/p-2/t29-,33-,34-,35-,36+,40-,51-,52-,55-,56+,58-,59+,60+,61+;/m1./s1. The van der Waals surface area contributed by atoms with Gasteiger partial charge in [0.25, 0.3) is 7.82 Å². The molecule has 7 aliphatic heterocycles. The Morgan fingerprint density at radius 3 is 2.04 bits per heavy atom. The topological polar surface area (TPSA) is 472 Å². The van der Waals surface area contributed by atoms with Crippen molar-refractivity contribution in [1.82, 2.24) is 5.32 Å². The third-order valence-corrected chi connectivity index (χ3v) is 21.4. The largest absolute Gasteiger partial charge is 0.756 e. The summed E-state index contributed by atoms with van der Waals surface area (Å²) in [6, 6.07) is 4.16. The van der Waals surface area contributed by atoms with Gasteiger partial charge in [-0.2, -0.15) is 5.70 Å². The summed E-state index contributed by atoms with van der Waals surface area (Å²) in [6.07, 6.45) is -6.18. The van der Waals surface area contributed by atoms with Gasteiger partial charge < -0.3 is 88.9 Å². The quantitative estimate of drug-likeness (QED) is 0.0565. The molecule has 30 heteroatoms. The molecule has 1 radical (unpaired) electrons. The molecule has 1 unspecified atom stereocenters. The summed E-state index contributed by atoms with van der Waals surface area (Å²) < 4.78 is 35.7. The summed E-state index contributed by atoms with van der Waals surface area (Å²) in [4.78, 5) is 125. The van der Waals surface area contributed by atoms with Gasteiger partial charge in [0.1, 0.15) is 24.1 Å². The number of phosphoric ester groups is 1. The predicted octanol–water partition coefficient (Wildman–Crippen LogP) is 2.37. The molecule has 91 heavy (non-hydrogen) atoms. The van der Waals surface area contributed by atoms with Crippen molar-refractivity contribution in [3.8, 4) is 5.75 Å². The van der Waals surface area contributed by atoms with Crippen LogP contribution in [0.5, 0.6) is 5.75 Å². The molecule has 8 bridgehead atoms.